The third-order valence-corrected chi connectivity index (χ3v) is 5.86. The summed E-state index contributed by atoms with van der Waals surface area (Å²) in [6.07, 6.45) is 8.14. The predicted molar refractivity (Wildman–Crippen MR) is 115 cm³/mol. The first kappa shape index (κ1) is 26.2. The maximum atomic E-state index is 12.3. The number of unbranched alkanes of at least 4 members (excludes halogenated alkanes) is 2. The summed E-state index contributed by atoms with van der Waals surface area (Å²) in [7, 11) is 1.33. The Hall–Kier alpha value is -3.04. The number of rotatable bonds is 12. The number of carbonyl (C=O) groups is 6. The molecule has 1 saturated carbocycles. The molecule has 1 aliphatic heterocycles. The molecule has 1 fully saturated rings. The maximum absolute atomic E-state index is 12.3. The highest BCUT2D eigenvalue weighted by atomic mass is 16.7. The Morgan fingerprint density at radius 1 is 1.03 bits per heavy atom. The Balaban J connectivity index is 1.51. The largest absolute Gasteiger partial charge is 0.465 e. The van der Waals surface area contributed by atoms with E-state index >= 15 is 0 Å². The van der Waals surface area contributed by atoms with Gasteiger partial charge in [0.2, 0.25) is 0 Å². The molecule has 0 radical (unpaired) electrons. The summed E-state index contributed by atoms with van der Waals surface area (Å²) in [5.41, 5.74) is 0. The minimum atomic E-state index is -0.529. The molecule has 0 N–H and O–H groups in total. The number of hydrogen-bond donors (Lipinski definition) is 0. The third kappa shape index (κ3) is 8.78. The second kappa shape index (κ2) is 13.5. The van der Waals surface area contributed by atoms with Gasteiger partial charge < -0.3 is 14.4 Å². The van der Waals surface area contributed by atoms with Crippen molar-refractivity contribution < 1.29 is 38.3 Å². The van der Waals surface area contributed by atoms with E-state index in [1.165, 1.54) is 24.1 Å². The van der Waals surface area contributed by atoms with Crippen LogP contribution >= 0.6 is 0 Å². The van der Waals surface area contributed by atoms with E-state index in [1.54, 1.807) is 0 Å². The Bertz CT molecular complexity index is 752. The molecule has 1 aliphatic carbocycles. The molecule has 33 heavy (non-hydrogen) atoms. The molecule has 1 heterocycles. The summed E-state index contributed by atoms with van der Waals surface area (Å²) in [5, 5.41) is 0.847. The van der Waals surface area contributed by atoms with E-state index in [0.717, 1.165) is 17.9 Å². The summed E-state index contributed by atoms with van der Waals surface area (Å²) < 4.78 is 5.36. The third-order valence-electron chi connectivity index (χ3n) is 5.86. The van der Waals surface area contributed by atoms with Crippen LogP contribution in [-0.2, 0) is 38.3 Å². The lowest BCUT2D eigenvalue weighted by Gasteiger charge is -2.29. The zero-order valence-electron chi connectivity index (χ0n) is 19.0. The number of ether oxygens (including phenoxy) is 1. The number of amides is 3. The van der Waals surface area contributed by atoms with Crippen LogP contribution in [0.5, 0.6) is 0 Å². The second-order valence-corrected chi connectivity index (χ2v) is 8.38. The van der Waals surface area contributed by atoms with Gasteiger partial charge in [-0.25, -0.2) is 4.79 Å². The van der Waals surface area contributed by atoms with Crippen LogP contribution in [0.25, 0.3) is 0 Å². The van der Waals surface area contributed by atoms with Crippen molar-refractivity contribution in [1.29, 1.82) is 0 Å². The zero-order valence-corrected chi connectivity index (χ0v) is 19.0. The number of aldehydes is 1. The fraction of sp³-hybridized carbons (Fsp3) is 0.652. The van der Waals surface area contributed by atoms with Crippen molar-refractivity contribution in [3.8, 4) is 0 Å². The van der Waals surface area contributed by atoms with Gasteiger partial charge in [-0.15, -0.1) is 0 Å². The molecule has 0 aromatic rings. The Kier molecular flexibility index (Phi) is 10.7. The molecular formula is C23H32N2O8. The molecule has 0 aromatic carbocycles. The standard InChI is InChI=1S/C23H32N2O8/c1-24(19(27)6-5-14-26)33-22(30)7-3-2-4-15-32-23(31)18-10-8-17(9-11-18)16-25-20(28)12-13-21(25)29/h12-14,17-18H,2-11,15-16H2,1H3. The lowest BCUT2D eigenvalue weighted by molar-refractivity contribution is -0.192. The van der Waals surface area contributed by atoms with Crippen molar-refractivity contribution in [3.05, 3.63) is 12.2 Å². The van der Waals surface area contributed by atoms with E-state index in [1.807, 2.05) is 0 Å². The summed E-state index contributed by atoms with van der Waals surface area (Å²) in [6.45, 7) is 0.678. The van der Waals surface area contributed by atoms with Gasteiger partial charge in [-0.3, -0.25) is 24.1 Å². The molecule has 0 unspecified atom stereocenters. The van der Waals surface area contributed by atoms with Gasteiger partial charge in [-0.1, -0.05) is 0 Å². The average Bonchev–Trinajstić information content (AvgIpc) is 3.12. The highest BCUT2D eigenvalue weighted by Crippen LogP contribution is 2.30. The number of hydroxylamine groups is 2. The minimum Gasteiger partial charge on any atom is -0.465 e. The molecule has 0 spiro atoms. The normalized spacial score (nSPS) is 20.0. The lowest BCUT2D eigenvalue weighted by Crippen LogP contribution is -2.36. The van der Waals surface area contributed by atoms with E-state index in [0.29, 0.717) is 44.9 Å². The Labute approximate surface area is 193 Å². The quantitative estimate of drug-likeness (QED) is 0.140. The van der Waals surface area contributed by atoms with E-state index in [4.69, 9.17) is 9.57 Å². The average molecular weight is 465 g/mol. The van der Waals surface area contributed by atoms with Gasteiger partial charge in [0.05, 0.1) is 12.5 Å². The number of esters is 1. The predicted octanol–water partition coefficient (Wildman–Crippen LogP) is 1.72. The highest BCUT2D eigenvalue weighted by Gasteiger charge is 2.31. The highest BCUT2D eigenvalue weighted by molar-refractivity contribution is 6.12. The molecule has 10 heteroatoms. The smallest absolute Gasteiger partial charge is 0.332 e. The first-order chi connectivity index (χ1) is 15.8. The maximum Gasteiger partial charge on any atom is 0.332 e. The topological polar surface area (TPSA) is 127 Å². The fourth-order valence-corrected chi connectivity index (χ4v) is 3.88. The lowest BCUT2D eigenvalue weighted by atomic mass is 9.82. The molecule has 0 atom stereocenters. The van der Waals surface area contributed by atoms with E-state index in [9.17, 15) is 28.8 Å². The first-order valence-corrected chi connectivity index (χ1v) is 11.4. The van der Waals surface area contributed by atoms with Gasteiger partial charge >= 0.3 is 11.9 Å². The van der Waals surface area contributed by atoms with Gasteiger partial charge in [0.1, 0.15) is 6.29 Å². The van der Waals surface area contributed by atoms with E-state index < -0.39 is 11.9 Å². The summed E-state index contributed by atoms with van der Waals surface area (Å²) >= 11 is 0. The van der Waals surface area contributed by atoms with Crippen LogP contribution in [0.1, 0.15) is 64.2 Å². The van der Waals surface area contributed by atoms with Gasteiger partial charge in [-0.05, 0) is 50.9 Å². The first-order valence-electron chi connectivity index (χ1n) is 11.4. The molecule has 0 saturated heterocycles. The summed E-state index contributed by atoms with van der Waals surface area (Å²) in [5.74, 6) is -1.69. The van der Waals surface area contributed by atoms with Crippen molar-refractivity contribution in [1.82, 2.24) is 9.96 Å². The van der Waals surface area contributed by atoms with Crippen LogP contribution in [0.2, 0.25) is 0 Å². The monoisotopic (exact) mass is 464 g/mol. The Morgan fingerprint density at radius 3 is 2.33 bits per heavy atom. The molecule has 182 valence electrons. The van der Waals surface area contributed by atoms with Crippen LogP contribution in [0.15, 0.2) is 12.2 Å². The van der Waals surface area contributed by atoms with Crippen LogP contribution < -0.4 is 0 Å². The van der Waals surface area contributed by atoms with Crippen LogP contribution in [0.4, 0.5) is 0 Å². The molecule has 0 bridgehead atoms. The molecule has 2 aliphatic rings. The second-order valence-electron chi connectivity index (χ2n) is 8.38. The van der Waals surface area contributed by atoms with Gasteiger partial charge in [0, 0.05) is 45.0 Å². The number of carbonyl (C=O) groups excluding carboxylic acids is 6. The van der Waals surface area contributed by atoms with Gasteiger partial charge in [-0.2, -0.15) is 5.06 Å². The zero-order chi connectivity index (χ0) is 24.2. The van der Waals surface area contributed by atoms with Crippen molar-refractivity contribution in [2.75, 3.05) is 20.2 Å². The summed E-state index contributed by atoms with van der Waals surface area (Å²) in [6, 6.07) is 0. The summed E-state index contributed by atoms with van der Waals surface area (Å²) in [4.78, 5) is 75.3. The SMILES string of the molecule is CN(OC(=O)CCCCCOC(=O)C1CCC(CN2C(=O)C=CC2=O)CC1)C(=O)CCC=O. The fourth-order valence-electron chi connectivity index (χ4n) is 3.88. The van der Waals surface area contributed by atoms with Crippen LogP contribution in [0, 0.1) is 11.8 Å². The van der Waals surface area contributed by atoms with Crippen molar-refractivity contribution in [2.45, 2.75) is 64.2 Å². The molecule has 0 aromatic heterocycles. The Morgan fingerprint density at radius 2 is 1.70 bits per heavy atom. The van der Waals surface area contributed by atoms with Gasteiger partial charge in [0.25, 0.3) is 17.7 Å². The number of imide groups is 1. The van der Waals surface area contributed by atoms with Crippen LogP contribution in [0.3, 0.4) is 0 Å². The van der Waals surface area contributed by atoms with Gasteiger partial charge in [0.15, 0.2) is 0 Å². The van der Waals surface area contributed by atoms with Crippen LogP contribution in [-0.4, -0.2) is 66.1 Å². The number of hydrogen-bond acceptors (Lipinski definition) is 8. The molecule has 10 nitrogen and oxygen atoms in total. The molecule has 2 rings (SSSR count). The number of nitrogens with zero attached hydrogens (tertiary/aromatic N) is 2. The van der Waals surface area contributed by atoms with E-state index in [2.05, 4.69) is 0 Å². The molecular weight excluding hydrogens is 432 g/mol. The minimum absolute atomic E-state index is 0.00439. The van der Waals surface area contributed by atoms with Crippen molar-refractivity contribution in [3.63, 3.8) is 0 Å². The van der Waals surface area contributed by atoms with Crippen molar-refractivity contribution in [2.24, 2.45) is 11.8 Å². The van der Waals surface area contributed by atoms with E-state index in [-0.39, 0.29) is 55.5 Å². The molecule has 3 amide bonds. The van der Waals surface area contributed by atoms with Crippen molar-refractivity contribution >= 4 is 35.9 Å².